The van der Waals surface area contributed by atoms with Gasteiger partial charge in [-0.1, -0.05) is 30.3 Å². The lowest BCUT2D eigenvalue weighted by Crippen LogP contribution is -2.39. The van der Waals surface area contributed by atoms with Crippen molar-refractivity contribution in [1.29, 1.82) is 0 Å². The van der Waals surface area contributed by atoms with Gasteiger partial charge in [-0.05, 0) is 73.4 Å². The Bertz CT molecular complexity index is 1490. The van der Waals surface area contributed by atoms with Crippen molar-refractivity contribution in [3.8, 4) is 5.69 Å². The molecule has 0 spiro atoms. The van der Waals surface area contributed by atoms with E-state index in [1.807, 2.05) is 54.6 Å². The summed E-state index contributed by atoms with van der Waals surface area (Å²) in [6.45, 7) is 1.47. The number of piperidine rings is 1. The quantitative estimate of drug-likeness (QED) is 0.372. The van der Waals surface area contributed by atoms with Gasteiger partial charge in [-0.15, -0.1) is 0 Å². The summed E-state index contributed by atoms with van der Waals surface area (Å²) in [5.41, 5.74) is 13.2. The molecule has 0 atom stereocenters. The number of anilines is 2. The zero-order valence-electron chi connectivity index (χ0n) is 21.8. The van der Waals surface area contributed by atoms with Crippen LogP contribution in [0.15, 0.2) is 60.9 Å². The third-order valence-corrected chi connectivity index (χ3v) is 7.78. The predicted molar refractivity (Wildman–Crippen MR) is 149 cm³/mol. The minimum absolute atomic E-state index is 0.0159. The Morgan fingerprint density at radius 2 is 1.77 bits per heavy atom. The molecule has 0 bridgehead atoms. The van der Waals surface area contributed by atoms with Crippen molar-refractivity contribution in [3.63, 3.8) is 0 Å². The lowest BCUT2D eigenvalue weighted by Gasteiger charge is -2.31. The Morgan fingerprint density at radius 1 is 1.00 bits per heavy atom. The number of carbonyl (C=O) groups excluding carboxylic acids is 2. The molecule has 2 aliphatic rings. The van der Waals surface area contributed by atoms with Crippen molar-refractivity contribution in [2.45, 2.75) is 45.1 Å². The number of amides is 2. The number of benzene rings is 2. The minimum atomic E-state index is -0.295. The molecule has 9 nitrogen and oxygen atoms in total. The summed E-state index contributed by atoms with van der Waals surface area (Å²) in [7, 11) is 0. The van der Waals surface area contributed by atoms with E-state index in [1.54, 1.807) is 4.90 Å². The van der Waals surface area contributed by atoms with Crippen LogP contribution in [-0.2, 0) is 29.0 Å². The van der Waals surface area contributed by atoms with Gasteiger partial charge in [0.05, 0.1) is 5.52 Å². The van der Waals surface area contributed by atoms with Crippen molar-refractivity contribution >= 4 is 34.5 Å². The molecule has 4 aromatic rings. The second-order valence-corrected chi connectivity index (χ2v) is 10.3. The first kappa shape index (κ1) is 24.9. The van der Waals surface area contributed by atoms with Gasteiger partial charge in [-0.2, -0.15) is 0 Å². The highest BCUT2D eigenvalue weighted by Crippen LogP contribution is 2.36. The Kier molecular flexibility index (Phi) is 6.87. The van der Waals surface area contributed by atoms with Crippen molar-refractivity contribution in [2.24, 2.45) is 5.92 Å². The van der Waals surface area contributed by atoms with Crippen LogP contribution >= 0.6 is 0 Å². The number of likely N-dealkylation sites (tertiary alicyclic amines) is 1. The number of nitrogens with zero attached hydrogens (tertiary/aromatic N) is 4. The number of nitrogens with two attached hydrogens (primary N) is 1. The van der Waals surface area contributed by atoms with E-state index < -0.39 is 0 Å². The molecule has 2 aromatic heterocycles. The fraction of sp³-hybridized carbons (Fsp3) is 0.333. The lowest BCUT2D eigenvalue weighted by atomic mass is 9.93. The molecule has 0 saturated carbocycles. The molecule has 1 fully saturated rings. The zero-order valence-corrected chi connectivity index (χ0v) is 21.8. The number of fused-ring (bicyclic) bond motifs is 3. The summed E-state index contributed by atoms with van der Waals surface area (Å²) in [5, 5.41) is 3.03. The second kappa shape index (κ2) is 10.8. The normalized spacial score (nSPS) is 15.3. The second-order valence-electron chi connectivity index (χ2n) is 10.3. The average molecular weight is 525 g/mol. The Hall–Kier alpha value is -4.40. The molecular formula is C30H32N6O3. The molecule has 1 aliphatic heterocycles. The maximum Gasteiger partial charge on any atom is 0.410 e. The van der Waals surface area contributed by atoms with Crippen molar-refractivity contribution in [3.05, 3.63) is 77.7 Å². The molecule has 6 rings (SSSR count). The number of rotatable bonds is 6. The van der Waals surface area contributed by atoms with E-state index in [1.165, 1.54) is 17.6 Å². The Morgan fingerprint density at radius 3 is 2.54 bits per heavy atom. The number of nitrogens with one attached hydrogen (secondary N) is 1. The van der Waals surface area contributed by atoms with E-state index in [4.69, 9.17) is 10.5 Å². The van der Waals surface area contributed by atoms with Gasteiger partial charge in [-0.25, -0.2) is 14.8 Å². The molecule has 1 aliphatic carbocycles. The van der Waals surface area contributed by atoms with E-state index in [9.17, 15) is 9.59 Å². The summed E-state index contributed by atoms with van der Waals surface area (Å²) in [6.07, 6.45) is 6.30. The first-order valence-corrected chi connectivity index (χ1v) is 13.6. The maximum absolute atomic E-state index is 12.8. The minimum Gasteiger partial charge on any atom is -0.445 e. The summed E-state index contributed by atoms with van der Waals surface area (Å²) in [4.78, 5) is 35.7. The van der Waals surface area contributed by atoms with Gasteiger partial charge >= 0.3 is 6.09 Å². The molecule has 3 N–H and O–H groups in total. The van der Waals surface area contributed by atoms with E-state index in [2.05, 4.69) is 19.9 Å². The van der Waals surface area contributed by atoms with Gasteiger partial charge in [0.25, 0.3) is 0 Å². The average Bonchev–Trinajstić information content (AvgIpc) is 3.55. The fourth-order valence-corrected chi connectivity index (χ4v) is 5.78. The van der Waals surface area contributed by atoms with Crippen LogP contribution in [0.4, 0.5) is 16.3 Å². The van der Waals surface area contributed by atoms with Crippen molar-refractivity contribution in [1.82, 2.24) is 19.4 Å². The molecule has 0 radical (unpaired) electrons. The molecule has 2 amide bonds. The third-order valence-electron chi connectivity index (χ3n) is 7.78. The molecule has 200 valence electrons. The number of hydrogen-bond acceptors (Lipinski definition) is 6. The van der Waals surface area contributed by atoms with Gasteiger partial charge in [-0.3, -0.25) is 4.79 Å². The largest absolute Gasteiger partial charge is 0.445 e. The summed E-state index contributed by atoms with van der Waals surface area (Å²) < 4.78 is 7.61. The predicted octanol–water partition coefficient (Wildman–Crippen LogP) is 4.87. The molecular weight excluding hydrogens is 492 g/mol. The summed E-state index contributed by atoms with van der Waals surface area (Å²) in [6, 6.07) is 17.5. The maximum atomic E-state index is 12.8. The van der Waals surface area contributed by atoms with Gasteiger partial charge in [0.2, 0.25) is 5.91 Å². The molecule has 1 saturated heterocycles. The van der Waals surface area contributed by atoms with E-state index in [-0.39, 0.29) is 24.5 Å². The highest BCUT2D eigenvalue weighted by Gasteiger charge is 2.26. The van der Waals surface area contributed by atoms with Crippen LogP contribution in [0.3, 0.4) is 0 Å². The van der Waals surface area contributed by atoms with Crippen LogP contribution in [-0.4, -0.2) is 44.5 Å². The van der Waals surface area contributed by atoms with Crippen LogP contribution in [0.25, 0.3) is 16.7 Å². The van der Waals surface area contributed by atoms with Crippen LogP contribution in [0, 0.1) is 5.92 Å². The topological polar surface area (TPSA) is 115 Å². The number of ether oxygens (including phenoxy) is 1. The Balaban J connectivity index is 1.03. The van der Waals surface area contributed by atoms with Crippen molar-refractivity contribution < 1.29 is 14.3 Å². The number of hydrogen-bond donors (Lipinski definition) is 2. The molecule has 39 heavy (non-hydrogen) atoms. The molecule has 2 aromatic carbocycles. The van der Waals surface area contributed by atoms with Gasteiger partial charge in [0, 0.05) is 36.6 Å². The zero-order chi connectivity index (χ0) is 26.8. The number of aromatic nitrogens is 3. The first-order valence-electron chi connectivity index (χ1n) is 13.6. The highest BCUT2D eigenvalue weighted by atomic mass is 16.6. The van der Waals surface area contributed by atoms with Crippen LogP contribution < -0.4 is 11.1 Å². The molecule has 0 unspecified atom stereocenters. The Labute approximate surface area is 227 Å². The number of carbonyl (C=O) groups is 2. The van der Waals surface area contributed by atoms with Crippen LogP contribution in [0.2, 0.25) is 0 Å². The van der Waals surface area contributed by atoms with E-state index in [0.717, 1.165) is 60.1 Å². The van der Waals surface area contributed by atoms with Crippen LogP contribution in [0.5, 0.6) is 0 Å². The summed E-state index contributed by atoms with van der Waals surface area (Å²) in [5.74, 6) is 0.694. The van der Waals surface area contributed by atoms with Gasteiger partial charge < -0.3 is 25.3 Å². The van der Waals surface area contributed by atoms with E-state index >= 15 is 0 Å². The van der Waals surface area contributed by atoms with Crippen molar-refractivity contribution in [2.75, 3.05) is 24.1 Å². The fourth-order valence-electron chi connectivity index (χ4n) is 5.78. The highest BCUT2D eigenvalue weighted by molar-refractivity contribution is 5.92. The lowest BCUT2D eigenvalue weighted by molar-refractivity contribution is -0.117. The molecule has 9 heteroatoms. The monoisotopic (exact) mass is 524 g/mol. The standard InChI is InChI=1S/C30H32N6O3/c31-29-28-27(32-19-33-29)24-7-4-8-25(24)36(28)23-11-9-22(10-12-23)34-26(37)17-20-13-15-35(16-14-20)30(38)39-18-21-5-2-1-3-6-21/h1-3,5-6,9-12,19-20H,4,7-8,13-18H2,(H,34,37)(H2,31,32,33). The summed E-state index contributed by atoms with van der Waals surface area (Å²) >= 11 is 0. The molecule has 3 heterocycles. The van der Waals surface area contributed by atoms with E-state index in [0.29, 0.717) is 25.3 Å². The SMILES string of the molecule is Nc1ncnc2c3c(n(-c4ccc(NC(=O)CC5CCN(C(=O)OCc6ccccc6)CC5)cc4)c12)CCC3. The first-order chi connectivity index (χ1) is 19.1. The van der Waals surface area contributed by atoms with Crippen LogP contribution in [0.1, 0.15) is 42.5 Å². The smallest absolute Gasteiger partial charge is 0.410 e. The number of aryl methyl sites for hydroxylation is 1. The van der Waals surface area contributed by atoms with Gasteiger partial charge in [0.1, 0.15) is 18.5 Å². The third kappa shape index (κ3) is 5.16. The number of nitrogen functional groups attached to an aromatic ring is 1. The van der Waals surface area contributed by atoms with Gasteiger partial charge in [0.15, 0.2) is 5.82 Å².